The maximum absolute atomic E-state index is 11.7. The van der Waals surface area contributed by atoms with Gasteiger partial charge < -0.3 is 10.6 Å². The molecule has 0 aromatic heterocycles. The van der Waals surface area contributed by atoms with Crippen LogP contribution in [0.2, 0.25) is 0 Å². The van der Waals surface area contributed by atoms with Crippen molar-refractivity contribution in [1.82, 2.24) is 10.6 Å². The third-order valence-electron chi connectivity index (χ3n) is 2.54. The number of rotatable bonds is 6. The third kappa shape index (κ3) is 5.34. The minimum Gasteiger partial charge on any atom is -0.354 e. The summed E-state index contributed by atoms with van der Waals surface area (Å²) in [6.07, 6.45) is 0.683. The number of nitrogens with one attached hydrogen (secondary N) is 2. The Balaban J connectivity index is 4.03. The molecule has 5 heteroatoms. The lowest BCUT2D eigenvalue weighted by Gasteiger charge is -2.18. The van der Waals surface area contributed by atoms with Crippen molar-refractivity contribution in [1.29, 1.82) is 5.26 Å². The van der Waals surface area contributed by atoms with Crippen LogP contribution >= 0.6 is 0 Å². The Morgan fingerprint density at radius 3 is 2.41 bits per heavy atom. The molecule has 0 aromatic carbocycles. The van der Waals surface area contributed by atoms with Gasteiger partial charge in [0, 0.05) is 19.0 Å². The van der Waals surface area contributed by atoms with Gasteiger partial charge >= 0.3 is 0 Å². The third-order valence-corrected chi connectivity index (χ3v) is 2.54. The number of hydrogen-bond donors (Lipinski definition) is 2. The van der Waals surface area contributed by atoms with Crippen molar-refractivity contribution in [2.75, 3.05) is 6.54 Å². The predicted molar refractivity (Wildman–Crippen MR) is 64.9 cm³/mol. The van der Waals surface area contributed by atoms with Gasteiger partial charge in [-0.05, 0) is 27.2 Å². The summed E-state index contributed by atoms with van der Waals surface area (Å²) in [7, 11) is 0. The van der Waals surface area contributed by atoms with Crippen LogP contribution in [0, 0.1) is 16.7 Å². The average Bonchev–Trinajstić information content (AvgIpc) is 2.26. The molecule has 0 saturated heterocycles. The standard InChI is InChI=1S/C12H21N3O2/c1-5-12(4,8-13)11(17)14-7-6-10(16)15-9(2)3/h9H,5-7H2,1-4H3,(H,14,17)(H,15,16). The van der Waals surface area contributed by atoms with E-state index in [0.717, 1.165) is 0 Å². The first-order valence-corrected chi connectivity index (χ1v) is 5.84. The molecule has 0 spiro atoms. The van der Waals surface area contributed by atoms with E-state index in [0.29, 0.717) is 6.42 Å². The van der Waals surface area contributed by atoms with E-state index < -0.39 is 5.41 Å². The van der Waals surface area contributed by atoms with Crippen LogP contribution in [0.15, 0.2) is 0 Å². The molecule has 0 bridgehead atoms. The number of carbonyl (C=O) groups is 2. The van der Waals surface area contributed by atoms with Crippen LogP contribution in [0.5, 0.6) is 0 Å². The quantitative estimate of drug-likeness (QED) is 0.724. The van der Waals surface area contributed by atoms with E-state index in [9.17, 15) is 9.59 Å². The fraction of sp³-hybridized carbons (Fsp3) is 0.750. The molecule has 0 aromatic rings. The van der Waals surface area contributed by atoms with Crippen molar-refractivity contribution in [2.24, 2.45) is 5.41 Å². The normalized spacial score (nSPS) is 13.6. The molecular formula is C12H21N3O2. The summed E-state index contributed by atoms with van der Waals surface area (Å²) < 4.78 is 0. The van der Waals surface area contributed by atoms with Gasteiger partial charge in [0.05, 0.1) is 6.07 Å². The van der Waals surface area contributed by atoms with Gasteiger partial charge in [-0.1, -0.05) is 6.92 Å². The minimum atomic E-state index is -1.01. The molecule has 5 nitrogen and oxygen atoms in total. The Bertz CT molecular complexity index is 320. The molecule has 0 aliphatic carbocycles. The first-order valence-electron chi connectivity index (χ1n) is 5.84. The molecule has 0 aliphatic heterocycles. The molecule has 0 aliphatic rings. The Kier molecular flexibility index (Phi) is 6.26. The van der Waals surface area contributed by atoms with Gasteiger partial charge in [0.15, 0.2) is 0 Å². The van der Waals surface area contributed by atoms with Gasteiger partial charge in [-0.2, -0.15) is 5.26 Å². The SMILES string of the molecule is CCC(C)(C#N)C(=O)NCCC(=O)NC(C)C. The summed E-state index contributed by atoms with van der Waals surface area (Å²) in [6, 6.07) is 2.08. The minimum absolute atomic E-state index is 0.0956. The van der Waals surface area contributed by atoms with E-state index >= 15 is 0 Å². The Morgan fingerprint density at radius 2 is 2.00 bits per heavy atom. The average molecular weight is 239 g/mol. The van der Waals surface area contributed by atoms with Crippen LogP contribution in [0.4, 0.5) is 0 Å². The van der Waals surface area contributed by atoms with Crippen molar-refractivity contribution in [3.05, 3.63) is 0 Å². The molecule has 0 fully saturated rings. The second-order valence-corrected chi connectivity index (χ2v) is 4.53. The van der Waals surface area contributed by atoms with Crippen molar-refractivity contribution < 1.29 is 9.59 Å². The maximum Gasteiger partial charge on any atom is 0.240 e. The predicted octanol–water partition coefficient (Wildman–Crippen LogP) is 0.957. The largest absolute Gasteiger partial charge is 0.354 e. The molecule has 0 saturated carbocycles. The molecular weight excluding hydrogens is 218 g/mol. The topological polar surface area (TPSA) is 82.0 Å². The lowest BCUT2D eigenvalue weighted by atomic mass is 9.88. The maximum atomic E-state index is 11.7. The number of nitrogens with zero attached hydrogens (tertiary/aromatic N) is 1. The second kappa shape index (κ2) is 6.89. The van der Waals surface area contributed by atoms with Crippen LogP contribution in [0.3, 0.4) is 0 Å². The lowest BCUT2D eigenvalue weighted by molar-refractivity contribution is -0.127. The monoisotopic (exact) mass is 239 g/mol. The van der Waals surface area contributed by atoms with E-state index in [-0.39, 0.29) is 30.8 Å². The Hall–Kier alpha value is -1.57. The molecule has 2 N–H and O–H groups in total. The molecule has 1 atom stereocenters. The van der Waals surface area contributed by atoms with Crippen LogP contribution in [0.25, 0.3) is 0 Å². The molecule has 96 valence electrons. The van der Waals surface area contributed by atoms with Gasteiger partial charge in [0.1, 0.15) is 5.41 Å². The summed E-state index contributed by atoms with van der Waals surface area (Å²) in [5.41, 5.74) is -1.01. The summed E-state index contributed by atoms with van der Waals surface area (Å²) in [5, 5.41) is 14.2. The fourth-order valence-corrected chi connectivity index (χ4v) is 1.17. The van der Waals surface area contributed by atoms with Crippen LogP contribution in [-0.2, 0) is 9.59 Å². The van der Waals surface area contributed by atoms with E-state index in [2.05, 4.69) is 10.6 Å². The highest BCUT2D eigenvalue weighted by Gasteiger charge is 2.30. The van der Waals surface area contributed by atoms with E-state index in [4.69, 9.17) is 5.26 Å². The fourth-order valence-electron chi connectivity index (χ4n) is 1.17. The molecule has 0 rings (SSSR count). The molecule has 17 heavy (non-hydrogen) atoms. The molecule has 0 heterocycles. The van der Waals surface area contributed by atoms with Crippen LogP contribution in [0.1, 0.15) is 40.5 Å². The van der Waals surface area contributed by atoms with Gasteiger partial charge in [-0.25, -0.2) is 0 Å². The first-order chi connectivity index (χ1) is 7.85. The Labute approximate surface area is 103 Å². The molecule has 0 radical (unpaired) electrons. The van der Waals surface area contributed by atoms with E-state index in [1.54, 1.807) is 13.8 Å². The zero-order chi connectivity index (χ0) is 13.5. The van der Waals surface area contributed by atoms with Crippen molar-refractivity contribution >= 4 is 11.8 Å². The first kappa shape index (κ1) is 15.4. The van der Waals surface area contributed by atoms with Crippen LogP contribution < -0.4 is 10.6 Å². The second-order valence-electron chi connectivity index (χ2n) is 4.53. The van der Waals surface area contributed by atoms with E-state index in [1.807, 2.05) is 19.9 Å². The summed E-state index contributed by atoms with van der Waals surface area (Å²) in [6.45, 7) is 7.39. The summed E-state index contributed by atoms with van der Waals surface area (Å²) in [4.78, 5) is 23.0. The lowest BCUT2D eigenvalue weighted by Crippen LogP contribution is -2.40. The van der Waals surface area contributed by atoms with Crippen molar-refractivity contribution in [3.63, 3.8) is 0 Å². The number of carbonyl (C=O) groups excluding carboxylic acids is 2. The number of hydrogen-bond acceptors (Lipinski definition) is 3. The highest BCUT2D eigenvalue weighted by Crippen LogP contribution is 2.19. The number of amides is 2. The van der Waals surface area contributed by atoms with Crippen molar-refractivity contribution in [2.45, 2.75) is 46.6 Å². The summed E-state index contributed by atoms with van der Waals surface area (Å²) in [5.74, 6) is -0.421. The zero-order valence-corrected chi connectivity index (χ0v) is 11.0. The van der Waals surface area contributed by atoms with Crippen molar-refractivity contribution in [3.8, 4) is 6.07 Å². The van der Waals surface area contributed by atoms with Crippen LogP contribution in [-0.4, -0.2) is 24.4 Å². The zero-order valence-electron chi connectivity index (χ0n) is 11.0. The highest BCUT2D eigenvalue weighted by molar-refractivity contribution is 5.85. The summed E-state index contributed by atoms with van der Waals surface area (Å²) >= 11 is 0. The highest BCUT2D eigenvalue weighted by atomic mass is 16.2. The van der Waals surface area contributed by atoms with Gasteiger partial charge in [-0.3, -0.25) is 9.59 Å². The number of nitriles is 1. The Morgan fingerprint density at radius 1 is 1.41 bits per heavy atom. The van der Waals surface area contributed by atoms with E-state index in [1.165, 1.54) is 0 Å². The molecule has 1 unspecified atom stereocenters. The van der Waals surface area contributed by atoms with Gasteiger partial charge in [0.25, 0.3) is 0 Å². The van der Waals surface area contributed by atoms with Gasteiger partial charge in [-0.15, -0.1) is 0 Å². The molecule has 2 amide bonds. The van der Waals surface area contributed by atoms with Gasteiger partial charge in [0.2, 0.25) is 11.8 Å². The smallest absolute Gasteiger partial charge is 0.240 e.